The van der Waals surface area contributed by atoms with Crippen LogP contribution in [-0.4, -0.2) is 31.5 Å². The van der Waals surface area contributed by atoms with Gasteiger partial charge in [0.15, 0.2) is 0 Å². The van der Waals surface area contributed by atoms with Crippen LogP contribution >= 0.6 is 0 Å². The van der Waals surface area contributed by atoms with Crippen molar-refractivity contribution in [1.82, 2.24) is 0 Å². The van der Waals surface area contributed by atoms with Crippen LogP contribution in [0.1, 0.15) is 57.6 Å². The molecule has 122 valence electrons. The van der Waals surface area contributed by atoms with Crippen molar-refractivity contribution in [2.24, 2.45) is 0 Å². The van der Waals surface area contributed by atoms with Gasteiger partial charge in [-0.3, -0.25) is 0 Å². The molecule has 0 saturated carbocycles. The number of hydrogen-bond donors (Lipinski definition) is 0. The summed E-state index contributed by atoms with van der Waals surface area (Å²) in [6.07, 6.45) is 2.03. The maximum absolute atomic E-state index is 9.58. The molecule has 5 heteroatoms. The molecule has 0 aromatic heterocycles. The Labute approximate surface area is 138 Å². The highest BCUT2D eigenvalue weighted by Crippen LogP contribution is 2.37. The summed E-state index contributed by atoms with van der Waals surface area (Å²) in [5, 5.41) is 9.58. The fourth-order valence-electron chi connectivity index (χ4n) is 3.13. The minimum atomic E-state index is -0.488. The van der Waals surface area contributed by atoms with Gasteiger partial charge >= 0.3 is 7.12 Å². The highest BCUT2D eigenvalue weighted by Gasteiger charge is 2.52. The number of hydrogen-bond acceptors (Lipinski definition) is 4. The second kappa shape index (κ2) is 5.94. The molecular formula is C18H24BNO3. The molecule has 2 aliphatic heterocycles. The third-order valence-corrected chi connectivity index (χ3v) is 5.40. The first-order valence-electron chi connectivity index (χ1n) is 8.31. The maximum Gasteiger partial charge on any atom is 0.496 e. The van der Waals surface area contributed by atoms with Gasteiger partial charge < -0.3 is 14.0 Å². The van der Waals surface area contributed by atoms with E-state index in [9.17, 15) is 5.26 Å². The van der Waals surface area contributed by atoms with Crippen molar-refractivity contribution in [3.05, 3.63) is 29.3 Å². The normalized spacial score (nSPS) is 23.7. The molecule has 0 aliphatic carbocycles. The Morgan fingerprint density at radius 3 is 2.26 bits per heavy atom. The number of nitrogens with zero attached hydrogens (tertiary/aromatic N) is 1. The zero-order valence-electron chi connectivity index (χ0n) is 14.4. The standard InChI is InChI=1S/C18H24BNO3/c1-17(2)18(3,4)23-19(22-17)16-6-5-14(11-15(16)12-20)13-7-9-21-10-8-13/h5-6,11,13H,7-10H2,1-4H3. The zero-order valence-corrected chi connectivity index (χ0v) is 14.4. The Bertz CT molecular complexity index is 614. The lowest BCUT2D eigenvalue weighted by molar-refractivity contribution is 0.00578. The van der Waals surface area contributed by atoms with Crippen LogP contribution in [0.3, 0.4) is 0 Å². The third kappa shape index (κ3) is 3.04. The molecule has 0 atom stereocenters. The molecule has 1 aromatic carbocycles. The van der Waals surface area contributed by atoms with Crippen LogP contribution in [0, 0.1) is 11.3 Å². The van der Waals surface area contributed by atoms with Crippen molar-refractivity contribution < 1.29 is 14.0 Å². The second-order valence-corrected chi connectivity index (χ2v) is 7.43. The predicted molar refractivity (Wildman–Crippen MR) is 89.7 cm³/mol. The Balaban J connectivity index is 1.88. The van der Waals surface area contributed by atoms with Gasteiger partial charge in [-0.15, -0.1) is 0 Å². The third-order valence-electron chi connectivity index (χ3n) is 5.40. The van der Waals surface area contributed by atoms with E-state index in [2.05, 4.69) is 12.1 Å². The van der Waals surface area contributed by atoms with Crippen LogP contribution in [0.2, 0.25) is 0 Å². The molecular weight excluding hydrogens is 289 g/mol. The van der Waals surface area contributed by atoms with Crippen LogP contribution in [0.15, 0.2) is 18.2 Å². The highest BCUT2D eigenvalue weighted by molar-refractivity contribution is 6.62. The summed E-state index contributed by atoms with van der Waals surface area (Å²) in [4.78, 5) is 0. The average molecular weight is 313 g/mol. The summed E-state index contributed by atoms with van der Waals surface area (Å²) in [5.41, 5.74) is 1.88. The quantitative estimate of drug-likeness (QED) is 0.788. The number of nitriles is 1. The van der Waals surface area contributed by atoms with Gasteiger partial charge in [-0.1, -0.05) is 12.1 Å². The second-order valence-electron chi connectivity index (χ2n) is 7.43. The van der Waals surface area contributed by atoms with E-state index in [4.69, 9.17) is 14.0 Å². The summed E-state index contributed by atoms with van der Waals surface area (Å²) in [6.45, 7) is 9.69. The van der Waals surface area contributed by atoms with E-state index < -0.39 is 18.3 Å². The zero-order chi connectivity index (χ0) is 16.7. The molecule has 1 aromatic rings. The van der Waals surface area contributed by atoms with E-state index in [1.54, 1.807) is 0 Å². The first-order chi connectivity index (χ1) is 10.8. The molecule has 2 aliphatic rings. The summed E-state index contributed by atoms with van der Waals surface area (Å²) in [7, 11) is -0.488. The van der Waals surface area contributed by atoms with Crippen LogP contribution in [0.4, 0.5) is 0 Å². The van der Waals surface area contributed by atoms with Gasteiger partial charge in [-0.05, 0) is 58.1 Å². The molecule has 0 bridgehead atoms. The topological polar surface area (TPSA) is 51.5 Å². The van der Waals surface area contributed by atoms with Crippen molar-refractivity contribution in [3.63, 3.8) is 0 Å². The largest absolute Gasteiger partial charge is 0.496 e. The van der Waals surface area contributed by atoms with Crippen molar-refractivity contribution in [3.8, 4) is 6.07 Å². The number of rotatable bonds is 2. The van der Waals surface area contributed by atoms with Crippen LogP contribution in [0.25, 0.3) is 0 Å². The molecule has 4 nitrogen and oxygen atoms in total. The van der Waals surface area contributed by atoms with Crippen molar-refractivity contribution in [2.45, 2.75) is 57.7 Å². The predicted octanol–water partition coefficient (Wildman–Crippen LogP) is 2.75. The minimum absolute atomic E-state index is 0.399. The summed E-state index contributed by atoms with van der Waals surface area (Å²) in [5.74, 6) is 0.475. The van der Waals surface area contributed by atoms with E-state index in [0.29, 0.717) is 11.5 Å². The van der Waals surface area contributed by atoms with Crippen molar-refractivity contribution >= 4 is 12.6 Å². The maximum atomic E-state index is 9.58. The van der Waals surface area contributed by atoms with E-state index >= 15 is 0 Å². The lowest BCUT2D eigenvalue weighted by atomic mass is 9.74. The fourth-order valence-corrected chi connectivity index (χ4v) is 3.13. The summed E-state index contributed by atoms with van der Waals surface area (Å²) >= 11 is 0. The molecule has 0 unspecified atom stereocenters. The van der Waals surface area contributed by atoms with Gasteiger partial charge in [0.2, 0.25) is 0 Å². The van der Waals surface area contributed by atoms with Crippen molar-refractivity contribution in [1.29, 1.82) is 5.26 Å². The molecule has 0 spiro atoms. The SMILES string of the molecule is CC1(C)OB(c2ccc(C3CCOCC3)cc2C#N)OC1(C)C. The number of benzene rings is 1. The molecule has 0 radical (unpaired) electrons. The Kier molecular flexibility index (Phi) is 4.26. The molecule has 2 saturated heterocycles. The van der Waals surface area contributed by atoms with E-state index in [1.807, 2.05) is 39.8 Å². The van der Waals surface area contributed by atoms with E-state index in [-0.39, 0.29) is 0 Å². The average Bonchev–Trinajstić information content (AvgIpc) is 2.75. The smallest absolute Gasteiger partial charge is 0.399 e. The van der Waals surface area contributed by atoms with E-state index in [0.717, 1.165) is 31.5 Å². The Hall–Kier alpha value is -1.35. The van der Waals surface area contributed by atoms with Gasteiger partial charge in [-0.25, -0.2) is 0 Å². The molecule has 3 rings (SSSR count). The van der Waals surface area contributed by atoms with E-state index in [1.165, 1.54) is 5.56 Å². The van der Waals surface area contributed by atoms with Crippen LogP contribution in [0.5, 0.6) is 0 Å². The molecule has 23 heavy (non-hydrogen) atoms. The Morgan fingerprint density at radius 1 is 1.09 bits per heavy atom. The summed E-state index contributed by atoms with van der Waals surface area (Å²) in [6, 6.07) is 8.41. The lowest BCUT2D eigenvalue weighted by Crippen LogP contribution is -2.41. The van der Waals surface area contributed by atoms with Gasteiger partial charge in [0, 0.05) is 18.7 Å². The highest BCUT2D eigenvalue weighted by atomic mass is 16.7. The number of ether oxygens (including phenoxy) is 1. The summed E-state index contributed by atoms with van der Waals surface area (Å²) < 4.78 is 17.6. The monoisotopic (exact) mass is 313 g/mol. The van der Waals surface area contributed by atoms with Gasteiger partial charge in [0.1, 0.15) is 0 Å². The molecule has 2 fully saturated rings. The fraction of sp³-hybridized carbons (Fsp3) is 0.611. The molecule has 0 amide bonds. The lowest BCUT2D eigenvalue weighted by Gasteiger charge is -2.32. The Morgan fingerprint density at radius 2 is 1.70 bits per heavy atom. The van der Waals surface area contributed by atoms with Crippen LogP contribution in [-0.2, 0) is 14.0 Å². The first kappa shape index (κ1) is 16.5. The van der Waals surface area contributed by atoms with Gasteiger partial charge in [-0.2, -0.15) is 5.26 Å². The van der Waals surface area contributed by atoms with Gasteiger partial charge in [0.25, 0.3) is 0 Å². The molecule has 0 N–H and O–H groups in total. The van der Waals surface area contributed by atoms with Crippen LogP contribution < -0.4 is 5.46 Å². The first-order valence-corrected chi connectivity index (χ1v) is 8.31. The minimum Gasteiger partial charge on any atom is -0.399 e. The molecule has 2 heterocycles. The van der Waals surface area contributed by atoms with Gasteiger partial charge in [0.05, 0.1) is 22.8 Å². The van der Waals surface area contributed by atoms with Crippen molar-refractivity contribution in [2.75, 3.05) is 13.2 Å².